The third-order valence-corrected chi connectivity index (χ3v) is 3.58. The van der Waals surface area contributed by atoms with Gasteiger partial charge >= 0.3 is 0 Å². The van der Waals surface area contributed by atoms with Gasteiger partial charge in [0.15, 0.2) is 0 Å². The molecule has 1 unspecified atom stereocenters. The third kappa shape index (κ3) is 2.81. The van der Waals surface area contributed by atoms with Gasteiger partial charge in [0, 0.05) is 17.4 Å². The summed E-state index contributed by atoms with van der Waals surface area (Å²) in [7, 11) is 0. The lowest BCUT2D eigenvalue weighted by Crippen LogP contribution is -2.09. The molecular formula is C12H21NS. The van der Waals surface area contributed by atoms with Crippen molar-refractivity contribution >= 4 is 11.8 Å². The van der Waals surface area contributed by atoms with E-state index in [1.165, 1.54) is 29.3 Å². The molecule has 0 aromatic carbocycles. The fourth-order valence-corrected chi connectivity index (χ4v) is 2.70. The Labute approximate surface area is 91.9 Å². The minimum atomic E-state index is 0.643. The largest absolute Gasteiger partial charge is 0.346 e. The number of thioether (sulfide) groups is 1. The van der Waals surface area contributed by atoms with Crippen molar-refractivity contribution < 1.29 is 0 Å². The molecule has 2 heteroatoms. The Bertz CT molecular complexity index is 258. The highest BCUT2D eigenvalue weighted by Crippen LogP contribution is 2.20. The van der Waals surface area contributed by atoms with Gasteiger partial charge in [0.05, 0.1) is 0 Å². The molecule has 1 heterocycles. The molecule has 1 nitrogen and oxygen atoms in total. The van der Waals surface area contributed by atoms with Crippen LogP contribution in [0.4, 0.5) is 0 Å². The maximum atomic E-state index is 2.44. The summed E-state index contributed by atoms with van der Waals surface area (Å²) in [5.41, 5.74) is 2.77. The van der Waals surface area contributed by atoms with Crippen molar-refractivity contribution in [2.75, 3.05) is 11.5 Å². The van der Waals surface area contributed by atoms with E-state index in [1.54, 1.807) is 0 Å². The molecule has 0 aliphatic heterocycles. The second-order valence-electron chi connectivity index (χ2n) is 3.82. The van der Waals surface area contributed by atoms with Crippen LogP contribution in [0.5, 0.6) is 0 Å². The van der Waals surface area contributed by atoms with Gasteiger partial charge in [-0.15, -0.1) is 0 Å². The summed E-state index contributed by atoms with van der Waals surface area (Å²) in [6.07, 6.45) is 1.27. The summed E-state index contributed by atoms with van der Waals surface area (Å²) >= 11 is 2.03. The topological polar surface area (TPSA) is 4.93 Å². The van der Waals surface area contributed by atoms with Gasteiger partial charge in [-0.05, 0) is 50.8 Å². The zero-order chi connectivity index (χ0) is 10.6. The van der Waals surface area contributed by atoms with Gasteiger partial charge in [0.1, 0.15) is 0 Å². The van der Waals surface area contributed by atoms with Gasteiger partial charge in [-0.1, -0.05) is 6.92 Å². The molecule has 0 fully saturated rings. The van der Waals surface area contributed by atoms with E-state index in [0.717, 1.165) is 0 Å². The third-order valence-electron chi connectivity index (χ3n) is 2.65. The summed E-state index contributed by atoms with van der Waals surface area (Å²) in [5, 5.41) is 0. The monoisotopic (exact) mass is 211 g/mol. The average molecular weight is 211 g/mol. The molecule has 0 aliphatic carbocycles. The van der Waals surface area contributed by atoms with Gasteiger partial charge in [0.25, 0.3) is 0 Å². The predicted molar refractivity (Wildman–Crippen MR) is 66.2 cm³/mol. The number of aryl methyl sites for hydroxylation is 2. The van der Waals surface area contributed by atoms with Crippen LogP contribution >= 0.6 is 11.8 Å². The maximum Gasteiger partial charge on any atom is 0.0315 e. The second kappa shape index (κ2) is 5.50. The van der Waals surface area contributed by atoms with E-state index in [4.69, 9.17) is 0 Å². The molecular weight excluding hydrogens is 190 g/mol. The van der Waals surface area contributed by atoms with Crippen LogP contribution in [-0.2, 0) is 0 Å². The van der Waals surface area contributed by atoms with Crippen LogP contribution in [0.15, 0.2) is 12.1 Å². The van der Waals surface area contributed by atoms with Crippen molar-refractivity contribution in [2.24, 2.45) is 0 Å². The number of rotatable bonds is 5. The summed E-state index contributed by atoms with van der Waals surface area (Å²) in [5.74, 6) is 2.51. The van der Waals surface area contributed by atoms with Crippen LogP contribution < -0.4 is 0 Å². The first-order chi connectivity index (χ1) is 6.66. The first-order valence-electron chi connectivity index (χ1n) is 5.39. The summed E-state index contributed by atoms with van der Waals surface area (Å²) < 4.78 is 2.44. The lowest BCUT2D eigenvalue weighted by Gasteiger charge is -2.18. The van der Waals surface area contributed by atoms with Crippen molar-refractivity contribution in [2.45, 2.75) is 40.2 Å². The lowest BCUT2D eigenvalue weighted by molar-refractivity contribution is 0.515. The molecule has 0 N–H and O–H groups in total. The van der Waals surface area contributed by atoms with E-state index in [9.17, 15) is 0 Å². The van der Waals surface area contributed by atoms with E-state index >= 15 is 0 Å². The van der Waals surface area contributed by atoms with Gasteiger partial charge in [-0.25, -0.2) is 0 Å². The number of aromatic nitrogens is 1. The molecule has 0 aliphatic rings. The number of nitrogens with zero attached hydrogens (tertiary/aromatic N) is 1. The number of hydrogen-bond donors (Lipinski definition) is 0. The molecule has 0 spiro atoms. The standard InChI is InChI=1S/C12H21NS/c1-5-14-9-8-12(4)13-10(2)6-7-11(13)3/h6-7,12H,5,8-9H2,1-4H3. The summed E-state index contributed by atoms with van der Waals surface area (Å²) in [6.45, 7) is 8.92. The highest BCUT2D eigenvalue weighted by Gasteiger charge is 2.08. The molecule has 14 heavy (non-hydrogen) atoms. The Morgan fingerprint density at radius 2 is 1.86 bits per heavy atom. The highest BCUT2D eigenvalue weighted by molar-refractivity contribution is 7.99. The van der Waals surface area contributed by atoms with E-state index < -0.39 is 0 Å². The van der Waals surface area contributed by atoms with E-state index in [0.29, 0.717) is 6.04 Å². The fourth-order valence-electron chi connectivity index (χ4n) is 1.90. The van der Waals surface area contributed by atoms with Crippen LogP contribution in [0.25, 0.3) is 0 Å². The highest BCUT2D eigenvalue weighted by atomic mass is 32.2. The minimum Gasteiger partial charge on any atom is -0.346 e. The molecule has 0 bridgehead atoms. The molecule has 1 rings (SSSR count). The quantitative estimate of drug-likeness (QED) is 0.670. The lowest BCUT2D eigenvalue weighted by atomic mass is 10.2. The predicted octanol–water partition coefficient (Wildman–Crippen LogP) is 3.81. The van der Waals surface area contributed by atoms with Crippen molar-refractivity contribution in [1.29, 1.82) is 0 Å². The second-order valence-corrected chi connectivity index (χ2v) is 5.21. The van der Waals surface area contributed by atoms with Crippen molar-refractivity contribution in [3.05, 3.63) is 23.5 Å². The van der Waals surface area contributed by atoms with Crippen molar-refractivity contribution in [3.8, 4) is 0 Å². The molecule has 0 radical (unpaired) electrons. The van der Waals surface area contributed by atoms with Crippen molar-refractivity contribution in [3.63, 3.8) is 0 Å². The van der Waals surface area contributed by atoms with Crippen LogP contribution in [0.1, 0.15) is 37.7 Å². The first kappa shape index (κ1) is 11.7. The fraction of sp³-hybridized carbons (Fsp3) is 0.667. The normalized spacial score (nSPS) is 13.1. The Balaban J connectivity index is 2.55. The van der Waals surface area contributed by atoms with E-state index in [-0.39, 0.29) is 0 Å². The molecule has 80 valence electrons. The van der Waals surface area contributed by atoms with E-state index in [1.807, 2.05) is 11.8 Å². The maximum absolute atomic E-state index is 2.44. The van der Waals surface area contributed by atoms with Crippen LogP contribution in [0.2, 0.25) is 0 Å². The van der Waals surface area contributed by atoms with Crippen LogP contribution in [-0.4, -0.2) is 16.1 Å². The van der Waals surface area contributed by atoms with Gasteiger partial charge in [-0.2, -0.15) is 11.8 Å². The minimum absolute atomic E-state index is 0.643. The Morgan fingerprint density at radius 3 is 2.36 bits per heavy atom. The first-order valence-corrected chi connectivity index (χ1v) is 6.54. The molecule has 1 aromatic rings. The van der Waals surface area contributed by atoms with Gasteiger partial charge in [-0.3, -0.25) is 0 Å². The summed E-state index contributed by atoms with van der Waals surface area (Å²) in [4.78, 5) is 0. The van der Waals surface area contributed by atoms with Crippen LogP contribution in [0, 0.1) is 13.8 Å². The van der Waals surface area contributed by atoms with Gasteiger partial charge in [0.2, 0.25) is 0 Å². The molecule has 1 aromatic heterocycles. The molecule has 0 saturated heterocycles. The SMILES string of the molecule is CCSCCC(C)n1c(C)ccc1C. The Morgan fingerprint density at radius 1 is 1.29 bits per heavy atom. The molecule has 1 atom stereocenters. The number of hydrogen-bond acceptors (Lipinski definition) is 1. The van der Waals surface area contributed by atoms with Crippen LogP contribution in [0.3, 0.4) is 0 Å². The van der Waals surface area contributed by atoms with Gasteiger partial charge < -0.3 is 4.57 Å². The zero-order valence-electron chi connectivity index (χ0n) is 9.71. The zero-order valence-corrected chi connectivity index (χ0v) is 10.5. The summed E-state index contributed by atoms with van der Waals surface area (Å²) in [6, 6.07) is 5.06. The Kier molecular flexibility index (Phi) is 4.59. The Hall–Kier alpha value is -0.370. The van der Waals surface area contributed by atoms with Crippen molar-refractivity contribution in [1.82, 2.24) is 4.57 Å². The molecule has 0 amide bonds. The van der Waals surface area contributed by atoms with E-state index in [2.05, 4.69) is 44.4 Å². The molecule has 0 saturated carbocycles. The smallest absolute Gasteiger partial charge is 0.0315 e. The average Bonchev–Trinajstić information content (AvgIpc) is 2.46.